The van der Waals surface area contributed by atoms with Crippen molar-refractivity contribution in [3.8, 4) is 11.9 Å². The smallest absolute Gasteiger partial charge is 0.367 e. The molecule has 0 radical (unpaired) electrons. The molecule has 0 aromatic carbocycles. The molecule has 1 saturated carbocycles. The van der Waals surface area contributed by atoms with Crippen molar-refractivity contribution in [3.05, 3.63) is 77.5 Å². The van der Waals surface area contributed by atoms with E-state index in [0.29, 0.717) is 36.5 Å². The number of pyridine rings is 2. The van der Waals surface area contributed by atoms with Crippen molar-refractivity contribution in [1.82, 2.24) is 19.7 Å². The van der Waals surface area contributed by atoms with Gasteiger partial charge in [0.2, 0.25) is 0 Å². The van der Waals surface area contributed by atoms with Gasteiger partial charge in [0.25, 0.3) is 5.91 Å². The SMILES string of the molecule is Cc1c(C(=O)Nc2ccc(C3(C#N)CCC4(C=CCO4)CC3)nc2)cnn1-c1ccc(C(F)(F)F)cn1. The number of nitrogens with one attached hydrogen (secondary N) is 1. The van der Waals surface area contributed by atoms with Crippen molar-refractivity contribution in [2.75, 3.05) is 11.9 Å². The van der Waals surface area contributed by atoms with Crippen molar-refractivity contribution < 1.29 is 22.7 Å². The Morgan fingerprint density at radius 3 is 2.46 bits per heavy atom. The molecule has 8 nitrogen and oxygen atoms in total. The lowest BCUT2D eigenvalue weighted by Crippen LogP contribution is -2.40. The molecule has 1 fully saturated rings. The third kappa shape index (κ3) is 4.60. The highest BCUT2D eigenvalue weighted by atomic mass is 19.4. The summed E-state index contributed by atoms with van der Waals surface area (Å²) in [5.74, 6) is -0.296. The molecule has 1 spiro atoms. The standard InChI is InChI=1S/C26H23F3N6O2/c1-17-20(15-33-35(17)22-6-3-18(13-32-22)26(27,28)29)23(36)34-19-4-5-21(31-14-19)24(16-30)8-10-25(11-9-24)7-2-12-37-25/h2-7,13-15H,8-12H2,1H3,(H,34,36). The molecule has 190 valence electrons. The highest BCUT2D eigenvalue weighted by Crippen LogP contribution is 2.45. The monoisotopic (exact) mass is 508 g/mol. The van der Waals surface area contributed by atoms with Gasteiger partial charge >= 0.3 is 6.18 Å². The molecule has 1 N–H and O–H groups in total. The van der Waals surface area contributed by atoms with Crippen molar-refractivity contribution in [2.45, 2.75) is 49.8 Å². The summed E-state index contributed by atoms with van der Waals surface area (Å²) in [5, 5.41) is 16.9. The van der Waals surface area contributed by atoms with Gasteiger partial charge in [-0.1, -0.05) is 12.2 Å². The number of nitriles is 1. The molecule has 0 atom stereocenters. The molecule has 3 aromatic heterocycles. The van der Waals surface area contributed by atoms with Gasteiger partial charge in [0.05, 0.1) is 64.3 Å². The van der Waals surface area contributed by atoms with E-state index in [-0.39, 0.29) is 17.0 Å². The number of ether oxygens (including phenoxy) is 1. The molecular weight excluding hydrogens is 485 g/mol. The lowest BCUT2D eigenvalue weighted by Gasteiger charge is -2.39. The number of alkyl halides is 3. The van der Waals surface area contributed by atoms with Gasteiger partial charge in [0, 0.05) is 6.20 Å². The normalized spacial score (nSPS) is 23.2. The second-order valence-electron chi connectivity index (χ2n) is 9.32. The van der Waals surface area contributed by atoms with E-state index in [4.69, 9.17) is 4.74 Å². The van der Waals surface area contributed by atoms with E-state index in [0.717, 1.165) is 25.1 Å². The van der Waals surface area contributed by atoms with Gasteiger partial charge in [-0.15, -0.1) is 0 Å². The maximum Gasteiger partial charge on any atom is 0.417 e. The zero-order valence-electron chi connectivity index (χ0n) is 19.9. The molecule has 5 rings (SSSR count). The van der Waals surface area contributed by atoms with Crippen LogP contribution in [-0.2, 0) is 16.3 Å². The fourth-order valence-electron chi connectivity index (χ4n) is 4.85. The van der Waals surface area contributed by atoms with Crippen LogP contribution in [0.4, 0.5) is 18.9 Å². The van der Waals surface area contributed by atoms with Gasteiger partial charge in [-0.05, 0) is 56.9 Å². The quantitative estimate of drug-likeness (QED) is 0.503. The second kappa shape index (κ2) is 9.12. The highest BCUT2D eigenvalue weighted by Gasteiger charge is 2.45. The van der Waals surface area contributed by atoms with Crippen LogP contribution in [0.2, 0.25) is 0 Å². The molecule has 3 aromatic rings. The third-order valence-electron chi connectivity index (χ3n) is 7.11. The van der Waals surface area contributed by atoms with E-state index >= 15 is 0 Å². The first-order chi connectivity index (χ1) is 17.6. The van der Waals surface area contributed by atoms with Crippen molar-refractivity contribution in [1.29, 1.82) is 5.26 Å². The summed E-state index contributed by atoms with van der Waals surface area (Å²) in [5.41, 5.74) is -0.104. The Labute approximate surface area is 210 Å². The summed E-state index contributed by atoms with van der Waals surface area (Å²) in [6.07, 6.45) is 5.93. The molecule has 2 aliphatic rings. The number of carbonyl (C=O) groups excluding carboxylic acids is 1. The first-order valence-corrected chi connectivity index (χ1v) is 11.7. The van der Waals surface area contributed by atoms with Crippen molar-refractivity contribution in [3.63, 3.8) is 0 Å². The van der Waals surface area contributed by atoms with Crippen LogP contribution in [0, 0.1) is 18.3 Å². The van der Waals surface area contributed by atoms with Crippen LogP contribution < -0.4 is 5.32 Å². The summed E-state index contributed by atoms with van der Waals surface area (Å²) < 4.78 is 45.6. The van der Waals surface area contributed by atoms with Crippen LogP contribution in [0.5, 0.6) is 0 Å². The zero-order chi connectivity index (χ0) is 26.3. The van der Waals surface area contributed by atoms with Crippen LogP contribution >= 0.6 is 0 Å². The lowest BCUT2D eigenvalue weighted by atomic mass is 9.67. The predicted molar refractivity (Wildman–Crippen MR) is 127 cm³/mol. The Hall–Kier alpha value is -4.04. The summed E-state index contributed by atoms with van der Waals surface area (Å²) >= 11 is 0. The van der Waals surface area contributed by atoms with Gasteiger partial charge in [-0.2, -0.15) is 23.5 Å². The van der Waals surface area contributed by atoms with Gasteiger partial charge < -0.3 is 10.1 Å². The number of amides is 1. The Bertz CT molecular complexity index is 1380. The molecule has 1 amide bonds. The van der Waals surface area contributed by atoms with E-state index in [1.165, 1.54) is 23.1 Å². The Morgan fingerprint density at radius 1 is 1.11 bits per heavy atom. The average Bonchev–Trinajstić information content (AvgIpc) is 3.51. The Morgan fingerprint density at radius 2 is 1.89 bits per heavy atom. The zero-order valence-corrected chi connectivity index (χ0v) is 19.9. The molecule has 1 aliphatic carbocycles. The molecule has 37 heavy (non-hydrogen) atoms. The number of nitrogens with zero attached hydrogens (tertiary/aromatic N) is 5. The summed E-state index contributed by atoms with van der Waals surface area (Å²) in [7, 11) is 0. The van der Waals surface area contributed by atoms with Crippen molar-refractivity contribution >= 4 is 11.6 Å². The largest absolute Gasteiger partial charge is 0.417 e. The van der Waals surface area contributed by atoms with Crippen LogP contribution in [0.1, 0.15) is 53.0 Å². The van der Waals surface area contributed by atoms with Gasteiger partial charge in [-0.3, -0.25) is 9.78 Å². The third-order valence-corrected chi connectivity index (χ3v) is 7.11. The molecule has 1 aliphatic heterocycles. The molecule has 4 heterocycles. The fourth-order valence-corrected chi connectivity index (χ4v) is 4.85. The molecule has 11 heteroatoms. The number of rotatable bonds is 4. The minimum Gasteiger partial charge on any atom is -0.367 e. The summed E-state index contributed by atoms with van der Waals surface area (Å²) in [6.45, 7) is 2.23. The molecule has 0 saturated heterocycles. The number of halogens is 3. The van der Waals surface area contributed by atoms with Crippen LogP contribution in [0.15, 0.2) is 55.0 Å². The average molecular weight is 509 g/mol. The Kier molecular flexibility index (Phi) is 6.07. The number of hydrogen-bond acceptors (Lipinski definition) is 6. The number of carbonyl (C=O) groups is 1. The fraction of sp³-hybridized carbons (Fsp3) is 0.346. The first-order valence-electron chi connectivity index (χ1n) is 11.7. The molecule has 0 bridgehead atoms. The minimum atomic E-state index is -4.49. The Balaban J connectivity index is 1.28. The van der Waals surface area contributed by atoms with E-state index in [1.54, 1.807) is 19.1 Å². The number of hydrogen-bond donors (Lipinski definition) is 1. The molecule has 0 unspecified atom stereocenters. The first kappa shape index (κ1) is 24.6. The van der Waals surface area contributed by atoms with Gasteiger partial charge in [0.15, 0.2) is 5.82 Å². The lowest BCUT2D eigenvalue weighted by molar-refractivity contribution is -0.137. The summed E-state index contributed by atoms with van der Waals surface area (Å²) in [4.78, 5) is 21.2. The second-order valence-corrected chi connectivity index (χ2v) is 9.32. The number of anilines is 1. The summed E-state index contributed by atoms with van der Waals surface area (Å²) in [6, 6.07) is 8.02. The maximum atomic E-state index is 12.9. The van der Waals surface area contributed by atoms with E-state index < -0.39 is 23.1 Å². The minimum absolute atomic E-state index is 0.158. The van der Waals surface area contributed by atoms with E-state index in [1.807, 2.05) is 6.08 Å². The van der Waals surface area contributed by atoms with Gasteiger partial charge in [0.1, 0.15) is 0 Å². The maximum absolute atomic E-state index is 12.9. The van der Waals surface area contributed by atoms with E-state index in [9.17, 15) is 23.2 Å². The van der Waals surface area contributed by atoms with Crippen LogP contribution in [-0.4, -0.2) is 37.9 Å². The van der Waals surface area contributed by atoms with Crippen molar-refractivity contribution in [2.24, 2.45) is 0 Å². The predicted octanol–water partition coefficient (Wildman–Crippen LogP) is 4.90. The molecular formula is C26H23F3N6O2. The topological polar surface area (TPSA) is 106 Å². The van der Waals surface area contributed by atoms with Gasteiger partial charge in [-0.25, -0.2) is 9.67 Å². The number of aromatic nitrogens is 4. The van der Waals surface area contributed by atoms with Crippen LogP contribution in [0.25, 0.3) is 5.82 Å². The highest BCUT2D eigenvalue weighted by molar-refractivity contribution is 6.04. The van der Waals surface area contributed by atoms with E-state index in [2.05, 4.69) is 32.5 Å². The van der Waals surface area contributed by atoms with Crippen LogP contribution in [0.3, 0.4) is 0 Å².